The molecule has 1 atom stereocenters. The SMILES string of the molecule is CCNCC1CCN(C(COC)C(C)C)CC1. The fourth-order valence-electron chi connectivity index (χ4n) is 2.73. The molecular weight excluding hydrogens is 212 g/mol. The summed E-state index contributed by atoms with van der Waals surface area (Å²) in [5.74, 6) is 1.56. The van der Waals surface area contributed by atoms with Crippen molar-refractivity contribution in [1.82, 2.24) is 10.2 Å². The summed E-state index contributed by atoms with van der Waals surface area (Å²) in [5.41, 5.74) is 0. The molecule has 0 aliphatic carbocycles. The maximum Gasteiger partial charge on any atom is 0.0620 e. The highest BCUT2D eigenvalue weighted by molar-refractivity contribution is 4.81. The second-order valence-electron chi connectivity index (χ2n) is 5.55. The van der Waals surface area contributed by atoms with E-state index in [1.807, 2.05) is 7.11 Å². The van der Waals surface area contributed by atoms with E-state index in [0.29, 0.717) is 12.0 Å². The monoisotopic (exact) mass is 242 g/mol. The summed E-state index contributed by atoms with van der Waals surface area (Å²) in [6.45, 7) is 12.4. The lowest BCUT2D eigenvalue weighted by atomic mass is 9.93. The molecule has 3 nitrogen and oxygen atoms in total. The van der Waals surface area contributed by atoms with Crippen LogP contribution in [0.15, 0.2) is 0 Å². The van der Waals surface area contributed by atoms with Gasteiger partial charge in [0.05, 0.1) is 6.61 Å². The molecular formula is C14H30N2O. The minimum absolute atomic E-state index is 0.597. The zero-order chi connectivity index (χ0) is 12.7. The van der Waals surface area contributed by atoms with Crippen LogP contribution in [0.1, 0.15) is 33.6 Å². The van der Waals surface area contributed by atoms with Gasteiger partial charge in [0, 0.05) is 13.2 Å². The van der Waals surface area contributed by atoms with Crippen molar-refractivity contribution >= 4 is 0 Å². The van der Waals surface area contributed by atoms with Gasteiger partial charge in [-0.1, -0.05) is 20.8 Å². The number of likely N-dealkylation sites (tertiary alicyclic amines) is 1. The average Bonchev–Trinajstić information content (AvgIpc) is 2.34. The van der Waals surface area contributed by atoms with Gasteiger partial charge in [0.25, 0.3) is 0 Å². The average molecular weight is 242 g/mol. The highest BCUT2D eigenvalue weighted by atomic mass is 16.5. The molecule has 0 spiro atoms. The summed E-state index contributed by atoms with van der Waals surface area (Å²) in [4.78, 5) is 2.62. The Kier molecular flexibility index (Phi) is 7.09. The van der Waals surface area contributed by atoms with Crippen molar-refractivity contribution in [2.75, 3.05) is 39.9 Å². The molecule has 1 saturated heterocycles. The van der Waals surface area contributed by atoms with E-state index >= 15 is 0 Å². The second-order valence-corrected chi connectivity index (χ2v) is 5.55. The molecule has 0 aromatic heterocycles. The van der Waals surface area contributed by atoms with E-state index in [0.717, 1.165) is 19.1 Å². The first-order valence-electron chi connectivity index (χ1n) is 7.12. The van der Waals surface area contributed by atoms with Gasteiger partial charge in [-0.25, -0.2) is 0 Å². The molecule has 1 rings (SSSR count). The van der Waals surface area contributed by atoms with Gasteiger partial charge >= 0.3 is 0 Å². The van der Waals surface area contributed by atoms with Crippen molar-refractivity contribution in [2.45, 2.75) is 39.7 Å². The molecule has 1 fully saturated rings. The molecule has 0 aromatic rings. The molecule has 0 aromatic carbocycles. The van der Waals surface area contributed by atoms with Crippen LogP contribution in [0.2, 0.25) is 0 Å². The molecule has 102 valence electrons. The van der Waals surface area contributed by atoms with Crippen molar-refractivity contribution in [3.05, 3.63) is 0 Å². The molecule has 17 heavy (non-hydrogen) atoms. The minimum Gasteiger partial charge on any atom is -0.383 e. The van der Waals surface area contributed by atoms with E-state index in [1.54, 1.807) is 0 Å². The zero-order valence-electron chi connectivity index (χ0n) is 12.0. The van der Waals surface area contributed by atoms with Gasteiger partial charge in [-0.3, -0.25) is 4.90 Å². The Morgan fingerprint density at radius 3 is 2.41 bits per heavy atom. The summed E-state index contributed by atoms with van der Waals surface area (Å²) < 4.78 is 5.36. The fourth-order valence-corrected chi connectivity index (χ4v) is 2.73. The Labute approximate surface area is 107 Å². The van der Waals surface area contributed by atoms with Gasteiger partial charge in [-0.2, -0.15) is 0 Å². The summed E-state index contributed by atoms with van der Waals surface area (Å²) in [7, 11) is 1.81. The van der Waals surface area contributed by atoms with Crippen LogP contribution >= 0.6 is 0 Å². The van der Waals surface area contributed by atoms with E-state index in [2.05, 4.69) is 31.0 Å². The third kappa shape index (κ3) is 4.94. The predicted molar refractivity (Wildman–Crippen MR) is 73.3 cm³/mol. The van der Waals surface area contributed by atoms with Crippen molar-refractivity contribution in [3.8, 4) is 0 Å². The lowest BCUT2D eigenvalue weighted by Crippen LogP contribution is -2.47. The molecule has 0 radical (unpaired) electrons. The fraction of sp³-hybridized carbons (Fsp3) is 1.00. The summed E-state index contributed by atoms with van der Waals surface area (Å²) in [5, 5.41) is 3.47. The lowest BCUT2D eigenvalue weighted by Gasteiger charge is -2.39. The zero-order valence-corrected chi connectivity index (χ0v) is 12.0. The number of rotatable bonds is 7. The number of piperidine rings is 1. The Bertz CT molecular complexity index is 189. The van der Waals surface area contributed by atoms with E-state index < -0.39 is 0 Å². The van der Waals surface area contributed by atoms with Crippen LogP contribution in [0, 0.1) is 11.8 Å². The Morgan fingerprint density at radius 1 is 1.29 bits per heavy atom. The quantitative estimate of drug-likeness (QED) is 0.739. The van der Waals surface area contributed by atoms with Crippen LogP contribution < -0.4 is 5.32 Å². The molecule has 1 N–H and O–H groups in total. The summed E-state index contributed by atoms with van der Waals surface area (Å²) >= 11 is 0. The summed E-state index contributed by atoms with van der Waals surface area (Å²) in [6, 6.07) is 0.597. The number of hydrogen-bond acceptors (Lipinski definition) is 3. The first-order valence-corrected chi connectivity index (χ1v) is 7.12. The first-order chi connectivity index (χ1) is 8.19. The van der Waals surface area contributed by atoms with E-state index in [9.17, 15) is 0 Å². The standard InChI is InChI=1S/C14H30N2O/c1-5-15-10-13-6-8-16(9-7-13)14(11-17-4)12(2)3/h12-15H,5-11H2,1-4H3. The third-order valence-electron chi connectivity index (χ3n) is 3.91. The van der Waals surface area contributed by atoms with Crippen LogP contribution in [-0.2, 0) is 4.74 Å². The lowest BCUT2D eigenvalue weighted by molar-refractivity contribution is 0.0418. The number of hydrogen-bond donors (Lipinski definition) is 1. The van der Waals surface area contributed by atoms with Crippen molar-refractivity contribution < 1.29 is 4.74 Å². The van der Waals surface area contributed by atoms with Gasteiger partial charge in [0.2, 0.25) is 0 Å². The van der Waals surface area contributed by atoms with Crippen LogP contribution in [0.4, 0.5) is 0 Å². The second kappa shape index (κ2) is 8.06. The van der Waals surface area contributed by atoms with Crippen molar-refractivity contribution in [3.63, 3.8) is 0 Å². The smallest absolute Gasteiger partial charge is 0.0620 e. The number of nitrogens with zero attached hydrogens (tertiary/aromatic N) is 1. The first kappa shape index (κ1) is 14.9. The Morgan fingerprint density at radius 2 is 1.94 bits per heavy atom. The van der Waals surface area contributed by atoms with Crippen LogP contribution in [-0.4, -0.2) is 50.8 Å². The van der Waals surface area contributed by atoms with E-state index in [1.165, 1.54) is 32.5 Å². The molecule has 1 heterocycles. The highest BCUT2D eigenvalue weighted by Gasteiger charge is 2.26. The molecule has 1 unspecified atom stereocenters. The predicted octanol–water partition coefficient (Wildman–Crippen LogP) is 1.98. The van der Waals surface area contributed by atoms with Gasteiger partial charge in [-0.15, -0.1) is 0 Å². The minimum atomic E-state index is 0.597. The maximum atomic E-state index is 5.36. The molecule has 0 amide bonds. The normalized spacial score (nSPS) is 21.0. The van der Waals surface area contributed by atoms with Crippen LogP contribution in [0.3, 0.4) is 0 Å². The Hall–Kier alpha value is -0.120. The molecule has 0 bridgehead atoms. The Balaban J connectivity index is 2.33. The largest absolute Gasteiger partial charge is 0.383 e. The van der Waals surface area contributed by atoms with Crippen LogP contribution in [0.25, 0.3) is 0 Å². The van der Waals surface area contributed by atoms with E-state index in [4.69, 9.17) is 4.74 Å². The van der Waals surface area contributed by atoms with Crippen LogP contribution in [0.5, 0.6) is 0 Å². The highest BCUT2D eigenvalue weighted by Crippen LogP contribution is 2.21. The molecule has 3 heteroatoms. The van der Waals surface area contributed by atoms with Gasteiger partial charge in [0.1, 0.15) is 0 Å². The van der Waals surface area contributed by atoms with Gasteiger partial charge < -0.3 is 10.1 Å². The van der Waals surface area contributed by atoms with Gasteiger partial charge in [-0.05, 0) is 50.9 Å². The molecule has 1 aliphatic rings. The third-order valence-corrected chi connectivity index (χ3v) is 3.91. The van der Waals surface area contributed by atoms with Gasteiger partial charge in [0.15, 0.2) is 0 Å². The molecule has 0 saturated carbocycles. The van der Waals surface area contributed by atoms with Crippen molar-refractivity contribution in [1.29, 1.82) is 0 Å². The summed E-state index contributed by atoms with van der Waals surface area (Å²) in [6.07, 6.45) is 2.67. The number of nitrogens with one attached hydrogen (secondary N) is 1. The molecule has 1 aliphatic heterocycles. The maximum absolute atomic E-state index is 5.36. The number of methoxy groups -OCH3 is 1. The van der Waals surface area contributed by atoms with Crippen molar-refractivity contribution in [2.24, 2.45) is 11.8 Å². The topological polar surface area (TPSA) is 24.5 Å². The van der Waals surface area contributed by atoms with E-state index in [-0.39, 0.29) is 0 Å². The number of ether oxygens (including phenoxy) is 1.